The highest BCUT2D eigenvalue weighted by Crippen LogP contribution is 2.59. The van der Waals surface area contributed by atoms with Gasteiger partial charge >= 0.3 is 5.97 Å². The second-order valence-corrected chi connectivity index (χ2v) is 14.5. The summed E-state index contributed by atoms with van der Waals surface area (Å²) in [5.41, 5.74) is 0.241. The molecule has 5 rings (SSSR count). The number of amides is 3. The Balaban J connectivity index is 1.53. The van der Waals surface area contributed by atoms with E-state index in [4.69, 9.17) is 14.2 Å². The molecule has 2 bridgehead atoms. The van der Waals surface area contributed by atoms with Crippen molar-refractivity contribution in [3.63, 3.8) is 0 Å². The number of nitrogens with zero attached hydrogens (tertiary/aromatic N) is 2. The maximum absolute atomic E-state index is 15.0. The third-order valence-corrected chi connectivity index (χ3v) is 11.0. The van der Waals surface area contributed by atoms with E-state index in [9.17, 15) is 24.3 Å². The van der Waals surface area contributed by atoms with E-state index < -0.39 is 66.3 Å². The van der Waals surface area contributed by atoms with Crippen LogP contribution in [0.2, 0.25) is 0 Å². The van der Waals surface area contributed by atoms with Crippen molar-refractivity contribution in [1.82, 2.24) is 15.1 Å². The first-order valence-electron chi connectivity index (χ1n) is 18.9. The average Bonchev–Trinajstić information content (AvgIpc) is 3.82. The first kappa shape index (κ1) is 39.9. The topological polar surface area (TPSA) is 135 Å². The lowest BCUT2D eigenvalue weighted by Crippen LogP contribution is -2.60. The predicted molar refractivity (Wildman–Crippen MR) is 200 cm³/mol. The molecule has 3 amide bonds. The molecule has 0 radical (unpaired) electrons. The standard InChI is InChI=1S/C42H55N3O8/c1-6-9-21-34(47)43-32(27-51-5)37(30-19-14-11-15-20-30)52-41(50)35-33-22-23-42(53-33)36(35)39(48)45(31(26-46)25-29-17-12-10-13-18-29)38(42)40(49)44(24-8-3)28(4)16-7-2/h6,8,10-15,17-20,28,31-33,35-38,46H,1,3,7,9,16,21-27H2,2,4-5H3,(H,43,47)/t28?,31-,32+,33-,35+,36+,37+,38-,42+/m1/s1. The Bertz CT molecular complexity index is 1590. The third-order valence-electron chi connectivity index (χ3n) is 11.0. The van der Waals surface area contributed by atoms with Gasteiger partial charge in [-0.15, -0.1) is 13.2 Å². The van der Waals surface area contributed by atoms with Crippen LogP contribution in [0.4, 0.5) is 0 Å². The van der Waals surface area contributed by atoms with Crippen molar-refractivity contribution < 1.29 is 38.5 Å². The van der Waals surface area contributed by atoms with Gasteiger partial charge in [0, 0.05) is 26.1 Å². The first-order chi connectivity index (χ1) is 25.6. The van der Waals surface area contributed by atoms with Gasteiger partial charge in [0.25, 0.3) is 0 Å². The molecule has 3 saturated heterocycles. The van der Waals surface area contributed by atoms with Crippen molar-refractivity contribution in [1.29, 1.82) is 0 Å². The lowest BCUT2D eigenvalue weighted by molar-refractivity contribution is -0.163. The Morgan fingerprint density at radius 2 is 1.81 bits per heavy atom. The van der Waals surface area contributed by atoms with Crippen molar-refractivity contribution >= 4 is 23.7 Å². The molecule has 3 heterocycles. The molecular formula is C42H55N3O8. The van der Waals surface area contributed by atoms with E-state index in [1.54, 1.807) is 17.1 Å². The van der Waals surface area contributed by atoms with Crippen LogP contribution >= 0.6 is 0 Å². The van der Waals surface area contributed by atoms with Crippen LogP contribution in [0.5, 0.6) is 0 Å². The molecule has 1 spiro atoms. The summed E-state index contributed by atoms with van der Waals surface area (Å²) in [6, 6.07) is 15.9. The fourth-order valence-corrected chi connectivity index (χ4v) is 8.65. The number of hydrogen-bond acceptors (Lipinski definition) is 8. The van der Waals surface area contributed by atoms with Crippen LogP contribution in [0.3, 0.4) is 0 Å². The number of aliphatic hydroxyl groups is 1. The number of aliphatic hydroxyl groups excluding tert-OH is 1. The number of methoxy groups -OCH3 is 1. The smallest absolute Gasteiger partial charge is 0.313 e. The lowest BCUT2D eigenvalue weighted by Gasteiger charge is -2.41. The number of nitrogens with one attached hydrogen (secondary N) is 1. The summed E-state index contributed by atoms with van der Waals surface area (Å²) in [6.07, 6.45) is 5.17. The monoisotopic (exact) mass is 729 g/mol. The van der Waals surface area contributed by atoms with Crippen LogP contribution in [0.15, 0.2) is 86.0 Å². The molecule has 3 aliphatic heterocycles. The number of likely N-dealkylation sites (tertiary alicyclic amines) is 1. The Hall–Kier alpha value is -4.32. The van der Waals surface area contributed by atoms with Gasteiger partial charge in [-0.05, 0) is 50.2 Å². The van der Waals surface area contributed by atoms with Crippen LogP contribution in [0, 0.1) is 11.8 Å². The van der Waals surface area contributed by atoms with Gasteiger partial charge in [-0.1, -0.05) is 86.2 Å². The van der Waals surface area contributed by atoms with Crippen molar-refractivity contribution in [3.8, 4) is 0 Å². The van der Waals surface area contributed by atoms with Crippen LogP contribution < -0.4 is 5.32 Å². The van der Waals surface area contributed by atoms with Crippen molar-refractivity contribution in [2.24, 2.45) is 11.8 Å². The van der Waals surface area contributed by atoms with Crippen molar-refractivity contribution in [3.05, 3.63) is 97.1 Å². The Morgan fingerprint density at radius 3 is 2.43 bits per heavy atom. The summed E-state index contributed by atoms with van der Waals surface area (Å²) in [5, 5.41) is 13.8. The first-order valence-corrected chi connectivity index (χ1v) is 18.9. The summed E-state index contributed by atoms with van der Waals surface area (Å²) in [7, 11) is 1.51. The lowest BCUT2D eigenvalue weighted by atomic mass is 9.70. The largest absolute Gasteiger partial charge is 0.455 e. The molecule has 0 saturated carbocycles. The highest BCUT2D eigenvalue weighted by atomic mass is 16.6. The van der Waals surface area contributed by atoms with Gasteiger partial charge in [-0.25, -0.2) is 0 Å². The number of fused-ring (bicyclic) bond motifs is 1. The van der Waals surface area contributed by atoms with E-state index in [0.717, 1.165) is 18.4 Å². The summed E-state index contributed by atoms with van der Waals surface area (Å²) in [5.74, 6) is -3.62. The Labute approximate surface area is 313 Å². The number of carbonyl (C=O) groups excluding carboxylic acids is 4. The Morgan fingerprint density at radius 1 is 1.11 bits per heavy atom. The number of rotatable bonds is 20. The van der Waals surface area contributed by atoms with E-state index in [-0.39, 0.29) is 37.4 Å². The number of carbonyl (C=O) groups is 4. The molecule has 0 aromatic heterocycles. The second kappa shape index (κ2) is 18.1. The van der Waals surface area contributed by atoms with Gasteiger partial charge in [0.05, 0.1) is 43.2 Å². The second-order valence-electron chi connectivity index (χ2n) is 14.5. The number of ether oxygens (including phenoxy) is 3. The maximum Gasteiger partial charge on any atom is 0.313 e. The molecule has 286 valence electrons. The molecule has 1 unspecified atom stereocenters. The zero-order chi connectivity index (χ0) is 38.1. The molecule has 11 heteroatoms. The number of hydrogen-bond donors (Lipinski definition) is 2. The average molecular weight is 730 g/mol. The third kappa shape index (κ3) is 8.27. The van der Waals surface area contributed by atoms with E-state index in [1.807, 2.05) is 67.6 Å². The SMILES string of the molecule is C=CCCC(=O)N[C@@H](COC)[C@@H](OC(=O)[C@@H]1[C@H]2C(=O)N([C@@H](CO)Cc3ccccc3)[C@H](C(=O)N(CC=C)C(C)CCC)[C@]23CC[C@H]1O3)c1ccccc1. The van der Waals surface area contributed by atoms with Crippen molar-refractivity contribution in [2.45, 2.75) is 101 Å². The molecule has 2 aromatic carbocycles. The summed E-state index contributed by atoms with van der Waals surface area (Å²) >= 11 is 0. The van der Waals surface area contributed by atoms with Gasteiger partial charge in [0.1, 0.15) is 17.7 Å². The fraction of sp³-hybridized carbons (Fsp3) is 0.524. The minimum Gasteiger partial charge on any atom is -0.455 e. The normalized spacial score (nSPS) is 25.2. The molecule has 11 nitrogen and oxygen atoms in total. The van der Waals surface area contributed by atoms with Gasteiger partial charge < -0.3 is 34.4 Å². The van der Waals surface area contributed by atoms with Gasteiger partial charge in [-0.3, -0.25) is 19.2 Å². The minimum atomic E-state index is -1.30. The maximum atomic E-state index is 15.0. The van der Waals surface area contributed by atoms with Gasteiger partial charge in [-0.2, -0.15) is 0 Å². The quantitative estimate of drug-likeness (QED) is 0.150. The summed E-state index contributed by atoms with van der Waals surface area (Å²) in [4.78, 5) is 60.7. The van der Waals surface area contributed by atoms with E-state index in [2.05, 4.69) is 25.4 Å². The fourth-order valence-electron chi connectivity index (χ4n) is 8.65. The van der Waals surface area contributed by atoms with Crippen LogP contribution in [-0.4, -0.2) is 101 Å². The van der Waals surface area contributed by atoms with Crippen LogP contribution in [0.25, 0.3) is 0 Å². The summed E-state index contributed by atoms with van der Waals surface area (Å²) < 4.78 is 18.6. The van der Waals surface area contributed by atoms with E-state index >= 15 is 0 Å². The van der Waals surface area contributed by atoms with Crippen LogP contribution in [-0.2, 0) is 39.8 Å². The number of benzene rings is 2. The zero-order valence-corrected chi connectivity index (χ0v) is 31.2. The van der Waals surface area contributed by atoms with E-state index in [1.165, 1.54) is 12.0 Å². The highest BCUT2D eigenvalue weighted by Gasteiger charge is 2.76. The molecule has 53 heavy (non-hydrogen) atoms. The molecule has 2 aromatic rings. The minimum absolute atomic E-state index is 0.0562. The van der Waals surface area contributed by atoms with Gasteiger partial charge in [0.2, 0.25) is 17.7 Å². The highest BCUT2D eigenvalue weighted by molar-refractivity contribution is 5.98. The van der Waals surface area contributed by atoms with Crippen LogP contribution in [0.1, 0.15) is 69.6 Å². The summed E-state index contributed by atoms with van der Waals surface area (Å²) in [6.45, 7) is 11.6. The molecular weight excluding hydrogens is 674 g/mol. The molecule has 0 aliphatic carbocycles. The predicted octanol–water partition coefficient (Wildman–Crippen LogP) is 4.55. The molecule has 2 N–H and O–H groups in total. The number of allylic oxidation sites excluding steroid dienone is 1. The molecule has 3 fully saturated rings. The zero-order valence-electron chi connectivity index (χ0n) is 31.2. The van der Waals surface area contributed by atoms with Crippen molar-refractivity contribution in [2.75, 3.05) is 26.9 Å². The van der Waals surface area contributed by atoms with Gasteiger partial charge in [0.15, 0.2) is 0 Å². The Kier molecular flexibility index (Phi) is 13.6. The molecule has 9 atom stereocenters. The molecule has 3 aliphatic rings. The number of esters is 1. The van der Waals surface area contributed by atoms with E-state index in [0.29, 0.717) is 31.2 Å².